The van der Waals surface area contributed by atoms with Crippen LogP contribution in [0.25, 0.3) is 0 Å². The summed E-state index contributed by atoms with van der Waals surface area (Å²) in [5.41, 5.74) is -1.56. The number of ether oxygens (including phenoxy) is 1. The van der Waals surface area contributed by atoms with Gasteiger partial charge in [0.2, 0.25) is 0 Å². The van der Waals surface area contributed by atoms with Crippen LogP contribution >= 0.6 is 11.6 Å². The van der Waals surface area contributed by atoms with Gasteiger partial charge >= 0.3 is 6.18 Å². The number of alkyl halides is 3. The highest BCUT2D eigenvalue weighted by Gasteiger charge is 2.60. The summed E-state index contributed by atoms with van der Waals surface area (Å²) in [6, 6.07) is 6.54. The molecule has 0 aliphatic carbocycles. The monoisotopic (exact) mass is 250 g/mol. The molecule has 0 amide bonds. The van der Waals surface area contributed by atoms with Crippen molar-refractivity contribution in [3.05, 3.63) is 34.9 Å². The first kappa shape index (κ1) is 11.7. The first-order valence-corrected chi connectivity index (χ1v) is 5.26. The average molecular weight is 251 g/mol. The molecule has 1 heterocycles. The molecule has 0 bridgehead atoms. The molecule has 16 heavy (non-hydrogen) atoms. The zero-order chi connectivity index (χ0) is 11.8. The second kappa shape index (κ2) is 3.93. The van der Waals surface area contributed by atoms with E-state index in [4.69, 9.17) is 16.3 Å². The minimum Gasteiger partial charge on any atom is -0.365 e. The van der Waals surface area contributed by atoms with E-state index in [-0.39, 0.29) is 19.4 Å². The van der Waals surface area contributed by atoms with Gasteiger partial charge in [0.15, 0.2) is 5.60 Å². The van der Waals surface area contributed by atoms with E-state index in [0.717, 1.165) is 0 Å². The molecule has 1 aliphatic rings. The van der Waals surface area contributed by atoms with Gasteiger partial charge in [0.1, 0.15) is 0 Å². The van der Waals surface area contributed by atoms with Gasteiger partial charge in [0.05, 0.1) is 6.61 Å². The number of hydrogen-bond donors (Lipinski definition) is 0. The highest BCUT2D eigenvalue weighted by molar-refractivity contribution is 6.31. The highest BCUT2D eigenvalue weighted by Crippen LogP contribution is 2.45. The standard InChI is InChI=1S/C11H10ClF3O/c12-9-4-2-1-3-8(9)7-10(5-6-16-10)11(13,14)15/h1-4H,5-7H2. The molecule has 0 saturated carbocycles. The molecule has 0 radical (unpaired) electrons. The van der Waals surface area contributed by atoms with Crippen LogP contribution in [0.15, 0.2) is 24.3 Å². The Morgan fingerprint density at radius 1 is 1.31 bits per heavy atom. The van der Waals surface area contributed by atoms with Crippen molar-refractivity contribution in [2.75, 3.05) is 6.61 Å². The van der Waals surface area contributed by atoms with Gasteiger partial charge in [-0.2, -0.15) is 13.2 Å². The summed E-state index contributed by atoms with van der Waals surface area (Å²) in [7, 11) is 0. The van der Waals surface area contributed by atoms with Crippen molar-refractivity contribution in [3.8, 4) is 0 Å². The number of rotatable bonds is 2. The normalized spacial score (nSPS) is 25.2. The third-order valence-electron chi connectivity index (χ3n) is 2.83. The fourth-order valence-corrected chi connectivity index (χ4v) is 1.96. The van der Waals surface area contributed by atoms with Gasteiger partial charge in [-0.15, -0.1) is 0 Å². The van der Waals surface area contributed by atoms with Crippen LogP contribution in [0.3, 0.4) is 0 Å². The topological polar surface area (TPSA) is 9.23 Å². The van der Waals surface area contributed by atoms with Crippen LogP contribution in [-0.2, 0) is 11.2 Å². The van der Waals surface area contributed by atoms with Crippen molar-refractivity contribution in [1.29, 1.82) is 0 Å². The molecular formula is C11H10ClF3O. The summed E-state index contributed by atoms with van der Waals surface area (Å²) in [5.74, 6) is 0. The molecule has 0 aromatic heterocycles. The van der Waals surface area contributed by atoms with Crippen LogP contribution in [-0.4, -0.2) is 18.4 Å². The zero-order valence-corrected chi connectivity index (χ0v) is 9.11. The second-order valence-corrected chi connectivity index (χ2v) is 4.27. The fourth-order valence-electron chi connectivity index (χ4n) is 1.76. The molecule has 1 aromatic carbocycles. The summed E-state index contributed by atoms with van der Waals surface area (Å²) >= 11 is 5.84. The van der Waals surface area contributed by atoms with Crippen molar-refractivity contribution in [1.82, 2.24) is 0 Å². The zero-order valence-electron chi connectivity index (χ0n) is 8.35. The van der Waals surface area contributed by atoms with Crippen LogP contribution in [0.4, 0.5) is 13.2 Å². The summed E-state index contributed by atoms with van der Waals surface area (Å²) in [6.45, 7) is 0.157. The van der Waals surface area contributed by atoms with Crippen LogP contribution in [0, 0.1) is 0 Å². The van der Waals surface area contributed by atoms with E-state index < -0.39 is 11.8 Å². The Balaban J connectivity index is 2.23. The maximum atomic E-state index is 12.8. The molecule has 1 unspecified atom stereocenters. The highest BCUT2D eigenvalue weighted by atomic mass is 35.5. The molecule has 2 rings (SSSR count). The molecule has 1 aromatic rings. The molecule has 88 valence electrons. The molecule has 0 spiro atoms. The predicted molar refractivity (Wildman–Crippen MR) is 54.5 cm³/mol. The first-order valence-electron chi connectivity index (χ1n) is 4.89. The molecule has 1 saturated heterocycles. The summed E-state index contributed by atoms with van der Waals surface area (Å²) in [6.07, 6.45) is -4.55. The summed E-state index contributed by atoms with van der Waals surface area (Å²) in [5, 5.41) is 0.349. The Labute approximate surface area is 96.2 Å². The lowest BCUT2D eigenvalue weighted by atomic mass is 9.87. The van der Waals surface area contributed by atoms with Crippen molar-refractivity contribution in [2.45, 2.75) is 24.6 Å². The lowest BCUT2D eigenvalue weighted by Gasteiger charge is -2.43. The van der Waals surface area contributed by atoms with Gasteiger partial charge in [0.25, 0.3) is 0 Å². The Hall–Kier alpha value is -0.740. The van der Waals surface area contributed by atoms with Crippen LogP contribution in [0.2, 0.25) is 5.02 Å². The van der Waals surface area contributed by atoms with Crippen LogP contribution in [0.1, 0.15) is 12.0 Å². The van der Waals surface area contributed by atoms with Crippen LogP contribution < -0.4 is 0 Å². The van der Waals surface area contributed by atoms with Crippen molar-refractivity contribution in [3.63, 3.8) is 0 Å². The quantitative estimate of drug-likeness (QED) is 0.779. The SMILES string of the molecule is FC(F)(F)C1(Cc2ccccc2Cl)CCO1. The predicted octanol–water partition coefficient (Wildman–Crippen LogP) is 3.60. The molecule has 0 N–H and O–H groups in total. The maximum Gasteiger partial charge on any atom is 0.417 e. The number of hydrogen-bond acceptors (Lipinski definition) is 1. The van der Waals surface area contributed by atoms with Gasteiger partial charge < -0.3 is 4.74 Å². The third kappa shape index (κ3) is 1.92. The Morgan fingerprint density at radius 3 is 2.38 bits per heavy atom. The van der Waals surface area contributed by atoms with E-state index >= 15 is 0 Å². The van der Waals surface area contributed by atoms with Gasteiger partial charge in [0, 0.05) is 17.9 Å². The molecular weight excluding hydrogens is 241 g/mol. The van der Waals surface area contributed by atoms with E-state index in [2.05, 4.69) is 0 Å². The van der Waals surface area contributed by atoms with E-state index in [1.165, 1.54) is 0 Å². The van der Waals surface area contributed by atoms with Crippen molar-refractivity contribution in [2.24, 2.45) is 0 Å². The second-order valence-electron chi connectivity index (χ2n) is 3.86. The molecule has 1 nitrogen and oxygen atoms in total. The summed E-state index contributed by atoms with van der Waals surface area (Å²) < 4.78 is 43.2. The van der Waals surface area contributed by atoms with E-state index in [9.17, 15) is 13.2 Å². The minimum absolute atomic E-state index is 0.00171. The first-order chi connectivity index (χ1) is 7.45. The molecule has 1 aliphatic heterocycles. The third-order valence-corrected chi connectivity index (χ3v) is 3.20. The van der Waals surface area contributed by atoms with E-state index in [1.807, 2.05) is 0 Å². The summed E-state index contributed by atoms with van der Waals surface area (Å²) in [4.78, 5) is 0. The van der Waals surface area contributed by atoms with Gasteiger partial charge in [-0.3, -0.25) is 0 Å². The average Bonchev–Trinajstić information content (AvgIpc) is 2.11. The Morgan fingerprint density at radius 2 is 1.94 bits per heavy atom. The minimum atomic E-state index is -4.34. The number of benzene rings is 1. The lowest BCUT2D eigenvalue weighted by Crippen LogP contribution is -2.57. The van der Waals surface area contributed by atoms with Crippen LogP contribution in [0.5, 0.6) is 0 Å². The van der Waals surface area contributed by atoms with E-state index in [1.54, 1.807) is 24.3 Å². The molecule has 1 fully saturated rings. The molecule has 5 heteroatoms. The van der Waals surface area contributed by atoms with E-state index in [0.29, 0.717) is 10.6 Å². The van der Waals surface area contributed by atoms with Gasteiger partial charge in [-0.25, -0.2) is 0 Å². The maximum absolute atomic E-state index is 12.8. The largest absolute Gasteiger partial charge is 0.417 e. The Bertz CT molecular complexity index is 385. The lowest BCUT2D eigenvalue weighted by molar-refractivity contribution is -0.324. The van der Waals surface area contributed by atoms with Gasteiger partial charge in [-0.1, -0.05) is 29.8 Å². The Kier molecular flexibility index (Phi) is 2.88. The van der Waals surface area contributed by atoms with Gasteiger partial charge in [-0.05, 0) is 11.6 Å². The smallest absolute Gasteiger partial charge is 0.365 e. The van der Waals surface area contributed by atoms with Crippen molar-refractivity contribution < 1.29 is 17.9 Å². The molecule has 1 atom stereocenters. The number of halogens is 4. The fraction of sp³-hybridized carbons (Fsp3) is 0.455. The van der Waals surface area contributed by atoms with Crippen molar-refractivity contribution >= 4 is 11.6 Å².